The molecule has 0 spiro atoms. The number of primary amides is 1. The van der Waals surface area contributed by atoms with Crippen LogP contribution in [0.5, 0.6) is 0 Å². The molecule has 1 aromatic carbocycles. The number of rotatable bonds is 13. The monoisotopic (exact) mass is 555 g/mol. The van der Waals surface area contributed by atoms with Crippen LogP contribution in [0.4, 0.5) is 13.2 Å². The van der Waals surface area contributed by atoms with Crippen molar-refractivity contribution in [3.05, 3.63) is 58.3 Å². The molecule has 2 amide bonds. The second kappa shape index (κ2) is 14.0. The molecule has 2 N–H and O–H groups in total. The summed E-state index contributed by atoms with van der Waals surface area (Å²) >= 11 is 2.36. The lowest BCUT2D eigenvalue weighted by atomic mass is 9.97. The summed E-state index contributed by atoms with van der Waals surface area (Å²) < 4.78 is 37.3. The number of nitrogens with two attached hydrogens (primary N) is 1. The highest BCUT2D eigenvalue weighted by atomic mass is 32.2. The third-order valence-electron chi connectivity index (χ3n) is 6.40. The molecule has 0 unspecified atom stereocenters. The number of benzene rings is 1. The van der Waals surface area contributed by atoms with Crippen LogP contribution < -0.4 is 5.73 Å². The first-order valence-electron chi connectivity index (χ1n) is 12.2. The summed E-state index contributed by atoms with van der Waals surface area (Å²) in [5, 5.41) is 3.78. The molecule has 1 saturated heterocycles. The zero-order valence-corrected chi connectivity index (χ0v) is 22.1. The van der Waals surface area contributed by atoms with E-state index in [0.717, 1.165) is 37.0 Å². The highest BCUT2D eigenvalue weighted by Crippen LogP contribution is 2.25. The molecule has 0 bridgehead atoms. The van der Waals surface area contributed by atoms with Crippen LogP contribution >= 0.6 is 23.1 Å². The molecule has 11 heteroatoms. The SMILES string of the molecule is NC(=O)[C@H](CCCSCC(=O)C(F)(F)F)N(C(=O)Cc1ccsc1)C1CCN(Cc2ccccc2)CC1. The molecule has 1 aliphatic heterocycles. The molecule has 2 aromatic rings. The molecule has 2 heterocycles. The second-order valence-electron chi connectivity index (χ2n) is 9.14. The van der Waals surface area contributed by atoms with Crippen molar-refractivity contribution in [3.8, 4) is 0 Å². The van der Waals surface area contributed by atoms with Gasteiger partial charge in [0.05, 0.1) is 12.2 Å². The Labute approximate surface area is 223 Å². The summed E-state index contributed by atoms with van der Waals surface area (Å²) in [6.45, 7) is 2.34. The van der Waals surface area contributed by atoms with Gasteiger partial charge >= 0.3 is 6.18 Å². The number of hydrogen-bond donors (Lipinski definition) is 1. The molecule has 0 radical (unpaired) electrons. The number of Topliss-reactive ketones (excluding diaryl/α,β-unsaturated/α-hetero) is 1. The molecular formula is C26H32F3N3O3S2. The lowest BCUT2D eigenvalue weighted by Gasteiger charge is -2.41. The second-order valence-corrected chi connectivity index (χ2v) is 11.0. The van der Waals surface area contributed by atoms with Crippen molar-refractivity contribution in [2.75, 3.05) is 24.6 Å². The van der Waals surface area contributed by atoms with E-state index in [2.05, 4.69) is 17.0 Å². The lowest BCUT2D eigenvalue weighted by Crippen LogP contribution is -2.56. The van der Waals surface area contributed by atoms with Crippen LogP contribution in [-0.2, 0) is 27.3 Å². The maximum Gasteiger partial charge on any atom is 0.450 e. The van der Waals surface area contributed by atoms with Gasteiger partial charge in [0.2, 0.25) is 17.6 Å². The number of likely N-dealkylation sites (tertiary alicyclic amines) is 1. The van der Waals surface area contributed by atoms with Crippen molar-refractivity contribution in [3.63, 3.8) is 0 Å². The third kappa shape index (κ3) is 9.15. The first-order chi connectivity index (χ1) is 17.6. The Balaban J connectivity index is 1.63. The topological polar surface area (TPSA) is 83.7 Å². The van der Waals surface area contributed by atoms with E-state index >= 15 is 0 Å². The smallest absolute Gasteiger partial charge is 0.368 e. The minimum absolute atomic E-state index is 0.157. The fraction of sp³-hybridized carbons (Fsp3) is 0.500. The molecule has 1 fully saturated rings. The summed E-state index contributed by atoms with van der Waals surface area (Å²) in [6, 6.07) is 11.0. The van der Waals surface area contributed by atoms with Gasteiger partial charge in [0.25, 0.3) is 0 Å². The van der Waals surface area contributed by atoms with Gasteiger partial charge in [-0.1, -0.05) is 30.3 Å². The Bertz CT molecular complexity index is 1010. The Morgan fingerprint density at radius 2 is 1.81 bits per heavy atom. The van der Waals surface area contributed by atoms with Gasteiger partial charge < -0.3 is 10.6 Å². The van der Waals surface area contributed by atoms with Crippen molar-refractivity contribution >= 4 is 40.7 Å². The fourth-order valence-corrected chi connectivity index (χ4v) is 6.06. The van der Waals surface area contributed by atoms with Gasteiger partial charge in [-0.15, -0.1) is 0 Å². The summed E-state index contributed by atoms with van der Waals surface area (Å²) in [4.78, 5) is 41.0. The van der Waals surface area contributed by atoms with Crippen molar-refractivity contribution in [2.45, 2.75) is 56.9 Å². The van der Waals surface area contributed by atoms with Gasteiger partial charge in [-0.25, -0.2) is 0 Å². The molecule has 37 heavy (non-hydrogen) atoms. The number of hydrogen-bond acceptors (Lipinski definition) is 6. The molecule has 6 nitrogen and oxygen atoms in total. The number of thiophene rings is 1. The standard InChI is InChI=1S/C26H32F3N3O3S2/c27-26(28,29)23(33)18-36-13-4-7-22(25(30)35)32(24(34)15-20-10-14-37-17-20)21-8-11-31(12-9-21)16-19-5-2-1-3-6-19/h1-3,5-6,10,14,17,21-22H,4,7-9,11-13,15-16,18H2,(H2,30,35)/t22-/m0/s1. The van der Waals surface area contributed by atoms with Crippen molar-refractivity contribution < 1.29 is 27.6 Å². The first-order valence-corrected chi connectivity index (χ1v) is 14.3. The minimum atomic E-state index is -4.84. The van der Waals surface area contributed by atoms with E-state index in [1.54, 1.807) is 4.90 Å². The van der Waals surface area contributed by atoms with E-state index in [0.29, 0.717) is 19.3 Å². The predicted octanol–water partition coefficient (Wildman–Crippen LogP) is 4.28. The number of halogens is 3. The van der Waals surface area contributed by atoms with Crippen LogP contribution in [-0.4, -0.2) is 70.3 Å². The Morgan fingerprint density at radius 3 is 2.41 bits per heavy atom. The van der Waals surface area contributed by atoms with Crippen molar-refractivity contribution in [1.29, 1.82) is 0 Å². The van der Waals surface area contributed by atoms with Crippen LogP contribution in [0.2, 0.25) is 0 Å². The van der Waals surface area contributed by atoms with E-state index in [1.165, 1.54) is 16.9 Å². The predicted molar refractivity (Wildman–Crippen MR) is 140 cm³/mol. The van der Waals surface area contributed by atoms with Crippen LogP contribution in [0.15, 0.2) is 47.2 Å². The summed E-state index contributed by atoms with van der Waals surface area (Å²) in [5.41, 5.74) is 7.83. The molecule has 0 aliphatic carbocycles. The highest BCUT2D eigenvalue weighted by Gasteiger charge is 2.38. The molecule has 0 saturated carbocycles. The maximum atomic E-state index is 13.5. The fourth-order valence-electron chi connectivity index (χ4n) is 4.53. The average molecular weight is 556 g/mol. The van der Waals surface area contributed by atoms with Crippen LogP contribution in [0.3, 0.4) is 0 Å². The number of carbonyl (C=O) groups is 3. The first kappa shape index (κ1) is 29.2. The Kier molecular flexibility index (Phi) is 11.0. The molecule has 3 rings (SSSR count). The molecule has 1 aromatic heterocycles. The molecule has 1 atom stereocenters. The normalized spacial score (nSPS) is 15.9. The van der Waals surface area contributed by atoms with E-state index < -0.39 is 29.7 Å². The zero-order valence-electron chi connectivity index (χ0n) is 20.5. The molecule has 1 aliphatic rings. The molecular weight excluding hydrogens is 523 g/mol. The van der Waals surface area contributed by atoms with E-state index in [-0.39, 0.29) is 30.5 Å². The van der Waals surface area contributed by atoms with Crippen LogP contribution in [0.1, 0.15) is 36.8 Å². The van der Waals surface area contributed by atoms with Gasteiger partial charge in [-0.05, 0) is 59.4 Å². The van der Waals surface area contributed by atoms with E-state index in [4.69, 9.17) is 5.73 Å². The van der Waals surface area contributed by atoms with Crippen LogP contribution in [0, 0.1) is 0 Å². The number of piperidine rings is 1. The third-order valence-corrected chi connectivity index (χ3v) is 8.18. The summed E-state index contributed by atoms with van der Waals surface area (Å²) in [7, 11) is 0. The number of nitrogens with zero attached hydrogens (tertiary/aromatic N) is 2. The van der Waals surface area contributed by atoms with Crippen LogP contribution in [0.25, 0.3) is 0 Å². The summed E-state index contributed by atoms with van der Waals surface area (Å²) in [6.07, 6.45) is -2.70. The summed E-state index contributed by atoms with van der Waals surface area (Å²) in [5.74, 6) is -2.98. The quantitative estimate of drug-likeness (QED) is 0.373. The zero-order chi connectivity index (χ0) is 26.8. The Morgan fingerprint density at radius 1 is 1.11 bits per heavy atom. The largest absolute Gasteiger partial charge is 0.450 e. The highest BCUT2D eigenvalue weighted by molar-refractivity contribution is 7.99. The number of ketones is 1. The van der Waals surface area contributed by atoms with E-state index in [9.17, 15) is 27.6 Å². The number of carbonyl (C=O) groups excluding carboxylic acids is 3. The lowest BCUT2D eigenvalue weighted by molar-refractivity contribution is -0.167. The van der Waals surface area contributed by atoms with E-state index in [1.807, 2.05) is 35.0 Å². The number of amides is 2. The number of alkyl halides is 3. The Hall–Kier alpha value is -2.37. The maximum absolute atomic E-state index is 13.5. The minimum Gasteiger partial charge on any atom is -0.368 e. The molecule has 202 valence electrons. The van der Waals surface area contributed by atoms with Crippen molar-refractivity contribution in [2.24, 2.45) is 5.73 Å². The van der Waals surface area contributed by atoms with Gasteiger partial charge in [-0.3, -0.25) is 19.3 Å². The van der Waals surface area contributed by atoms with Gasteiger partial charge in [0.1, 0.15) is 6.04 Å². The van der Waals surface area contributed by atoms with Gasteiger partial charge in [-0.2, -0.15) is 36.3 Å². The van der Waals surface area contributed by atoms with Gasteiger partial charge in [0, 0.05) is 25.7 Å². The van der Waals surface area contributed by atoms with Gasteiger partial charge in [0.15, 0.2) is 0 Å². The average Bonchev–Trinajstić information content (AvgIpc) is 3.36. The van der Waals surface area contributed by atoms with Crippen molar-refractivity contribution in [1.82, 2.24) is 9.80 Å². The number of thioether (sulfide) groups is 1.